The van der Waals surface area contributed by atoms with E-state index in [-0.39, 0.29) is 0 Å². The standard InChI is InChI=1S/C15H13ClO2S/c1-8-6-13(19-9(8)2)14(17)12-7-10-4-3-5-11(16)15(10)18-12/h3-7,14,17H,1-2H3. The number of halogens is 1. The molecule has 3 rings (SSSR count). The summed E-state index contributed by atoms with van der Waals surface area (Å²) < 4.78 is 5.69. The van der Waals surface area contributed by atoms with E-state index in [9.17, 15) is 5.11 Å². The van der Waals surface area contributed by atoms with Crippen molar-refractivity contribution < 1.29 is 9.52 Å². The largest absolute Gasteiger partial charge is 0.456 e. The number of aryl methyl sites for hydroxylation is 2. The van der Waals surface area contributed by atoms with Gasteiger partial charge in [0.25, 0.3) is 0 Å². The van der Waals surface area contributed by atoms with Crippen molar-refractivity contribution in [3.05, 3.63) is 56.4 Å². The van der Waals surface area contributed by atoms with E-state index < -0.39 is 6.10 Å². The Morgan fingerprint density at radius 1 is 1.26 bits per heavy atom. The molecule has 2 aromatic heterocycles. The van der Waals surface area contributed by atoms with Crippen LogP contribution in [-0.4, -0.2) is 5.11 Å². The monoisotopic (exact) mass is 292 g/mol. The second-order valence-corrected chi connectivity index (χ2v) is 6.29. The molecule has 1 N–H and O–H groups in total. The van der Waals surface area contributed by atoms with E-state index in [0.717, 1.165) is 10.3 Å². The second-order valence-electron chi connectivity index (χ2n) is 4.60. The summed E-state index contributed by atoms with van der Waals surface area (Å²) in [6.45, 7) is 4.09. The summed E-state index contributed by atoms with van der Waals surface area (Å²) in [6.07, 6.45) is -0.735. The van der Waals surface area contributed by atoms with Crippen molar-refractivity contribution in [2.45, 2.75) is 20.0 Å². The Kier molecular flexibility index (Phi) is 3.13. The van der Waals surface area contributed by atoms with Crippen LogP contribution >= 0.6 is 22.9 Å². The van der Waals surface area contributed by atoms with Crippen LogP contribution in [0.3, 0.4) is 0 Å². The van der Waals surface area contributed by atoms with Crippen LogP contribution in [0.1, 0.15) is 27.2 Å². The maximum Gasteiger partial charge on any atom is 0.153 e. The van der Waals surface area contributed by atoms with Gasteiger partial charge in [0.2, 0.25) is 0 Å². The van der Waals surface area contributed by atoms with Crippen LogP contribution in [0.5, 0.6) is 0 Å². The molecule has 1 unspecified atom stereocenters. The van der Waals surface area contributed by atoms with Crippen molar-refractivity contribution in [1.29, 1.82) is 0 Å². The maximum absolute atomic E-state index is 10.4. The fraction of sp³-hybridized carbons (Fsp3) is 0.200. The summed E-state index contributed by atoms with van der Waals surface area (Å²) in [5, 5.41) is 11.9. The molecule has 98 valence electrons. The Bertz CT molecular complexity index is 722. The normalized spacial score (nSPS) is 13.1. The van der Waals surface area contributed by atoms with Gasteiger partial charge in [-0.05, 0) is 37.6 Å². The third kappa shape index (κ3) is 2.18. The fourth-order valence-electron chi connectivity index (χ4n) is 2.06. The first-order valence-electron chi connectivity index (χ1n) is 5.99. The highest BCUT2D eigenvalue weighted by Crippen LogP contribution is 2.35. The Morgan fingerprint density at radius 2 is 2.05 bits per heavy atom. The minimum Gasteiger partial charge on any atom is -0.456 e. The number of aliphatic hydroxyl groups excluding tert-OH is 1. The fourth-order valence-corrected chi connectivity index (χ4v) is 3.32. The molecule has 2 nitrogen and oxygen atoms in total. The Morgan fingerprint density at radius 3 is 2.68 bits per heavy atom. The first-order chi connectivity index (χ1) is 9.06. The van der Waals surface area contributed by atoms with Gasteiger partial charge in [-0.15, -0.1) is 11.3 Å². The molecule has 0 aliphatic rings. The lowest BCUT2D eigenvalue weighted by molar-refractivity contribution is 0.196. The lowest BCUT2D eigenvalue weighted by atomic mass is 10.2. The first kappa shape index (κ1) is 12.7. The molecule has 0 saturated heterocycles. The predicted molar refractivity (Wildman–Crippen MR) is 79.1 cm³/mol. The van der Waals surface area contributed by atoms with Gasteiger partial charge in [-0.2, -0.15) is 0 Å². The molecule has 0 radical (unpaired) electrons. The van der Waals surface area contributed by atoms with Crippen molar-refractivity contribution >= 4 is 33.9 Å². The van der Waals surface area contributed by atoms with Crippen molar-refractivity contribution in [3.8, 4) is 0 Å². The molecule has 0 bridgehead atoms. The van der Waals surface area contributed by atoms with Crippen LogP contribution in [0.15, 0.2) is 34.7 Å². The number of hydrogen-bond acceptors (Lipinski definition) is 3. The number of hydrogen-bond donors (Lipinski definition) is 1. The van der Waals surface area contributed by atoms with Gasteiger partial charge in [0.1, 0.15) is 11.9 Å². The number of fused-ring (bicyclic) bond motifs is 1. The number of benzene rings is 1. The van der Waals surface area contributed by atoms with E-state index in [1.807, 2.05) is 38.1 Å². The molecule has 0 saturated carbocycles. The van der Waals surface area contributed by atoms with Crippen LogP contribution in [0, 0.1) is 13.8 Å². The number of furan rings is 1. The van der Waals surface area contributed by atoms with Crippen LogP contribution in [0.4, 0.5) is 0 Å². The molecule has 2 heterocycles. The van der Waals surface area contributed by atoms with E-state index in [0.29, 0.717) is 16.4 Å². The zero-order valence-corrected chi connectivity index (χ0v) is 12.2. The number of thiophene rings is 1. The number of para-hydroxylation sites is 1. The number of aliphatic hydroxyl groups is 1. The van der Waals surface area contributed by atoms with Crippen molar-refractivity contribution in [1.82, 2.24) is 0 Å². The molecule has 1 atom stereocenters. The zero-order chi connectivity index (χ0) is 13.6. The average molecular weight is 293 g/mol. The van der Waals surface area contributed by atoms with Gasteiger partial charge in [-0.25, -0.2) is 0 Å². The average Bonchev–Trinajstić information content (AvgIpc) is 2.94. The summed E-state index contributed by atoms with van der Waals surface area (Å²) in [6, 6.07) is 9.42. The zero-order valence-electron chi connectivity index (χ0n) is 10.6. The molecule has 0 aliphatic carbocycles. The van der Waals surface area contributed by atoms with Crippen molar-refractivity contribution in [2.75, 3.05) is 0 Å². The molecule has 1 aromatic carbocycles. The van der Waals surface area contributed by atoms with Gasteiger partial charge in [-0.3, -0.25) is 0 Å². The maximum atomic E-state index is 10.4. The van der Waals surface area contributed by atoms with E-state index in [4.69, 9.17) is 16.0 Å². The lowest BCUT2D eigenvalue weighted by Gasteiger charge is -2.03. The van der Waals surface area contributed by atoms with Gasteiger partial charge in [0.15, 0.2) is 5.58 Å². The van der Waals surface area contributed by atoms with Gasteiger partial charge >= 0.3 is 0 Å². The van der Waals surface area contributed by atoms with Crippen molar-refractivity contribution in [2.24, 2.45) is 0 Å². The summed E-state index contributed by atoms with van der Waals surface area (Å²) >= 11 is 7.67. The smallest absolute Gasteiger partial charge is 0.153 e. The number of rotatable bonds is 2. The Hall–Kier alpha value is -1.29. The van der Waals surface area contributed by atoms with E-state index in [1.165, 1.54) is 10.4 Å². The topological polar surface area (TPSA) is 33.4 Å². The molecule has 0 spiro atoms. The van der Waals surface area contributed by atoms with Gasteiger partial charge < -0.3 is 9.52 Å². The van der Waals surface area contributed by atoms with Crippen LogP contribution < -0.4 is 0 Å². The highest BCUT2D eigenvalue weighted by atomic mass is 35.5. The lowest BCUT2D eigenvalue weighted by Crippen LogP contribution is -1.94. The summed E-state index contributed by atoms with van der Waals surface area (Å²) in [7, 11) is 0. The van der Waals surface area contributed by atoms with E-state index >= 15 is 0 Å². The summed E-state index contributed by atoms with van der Waals surface area (Å²) in [5.74, 6) is 0.532. The Labute approximate surface area is 120 Å². The Balaban J connectivity index is 2.06. The van der Waals surface area contributed by atoms with Crippen LogP contribution in [0.2, 0.25) is 5.02 Å². The molecule has 4 heteroatoms. The molecular weight excluding hydrogens is 280 g/mol. The molecule has 0 amide bonds. The molecule has 0 aliphatic heterocycles. The quantitative estimate of drug-likeness (QED) is 0.733. The molecular formula is C15H13ClO2S. The van der Waals surface area contributed by atoms with Gasteiger partial charge in [0, 0.05) is 15.1 Å². The molecule has 19 heavy (non-hydrogen) atoms. The SMILES string of the molecule is Cc1cc(C(O)c2cc3cccc(Cl)c3o2)sc1C. The first-order valence-corrected chi connectivity index (χ1v) is 7.18. The predicted octanol–water partition coefficient (Wildman–Crippen LogP) is 4.85. The van der Waals surface area contributed by atoms with Crippen molar-refractivity contribution in [3.63, 3.8) is 0 Å². The molecule has 3 aromatic rings. The summed E-state index contributed by atoms with van der Waals surface area (Å²) in [4.78, 5) is 2.10. The summed E-state index contributed by atoms with van der Waals surface area (Å²) in [5.41, 5.74) is 1.82. The third-order valence-electron chi connectivity index (χ3n) is 3.24. The van der Waals surface area contributed by atoms with Gasteiger partial charge in [0.05, 0.1) is 5.02 Å². The van der Waals surface area contributed by atoms with Gasteiger partial charge in [-0.1, -0.05) is 23.7 Å². The van der Waals surface area contributed by atoms with E-state index in [1.54, 1.807) is 17.4 Å². The minimum absolute atomic E-state index is 0.532. The third-order valence-corrected chi connectivity index (χ3v) is 4.74. The second kappa shape index (κ2) is 4.67. The van der Waals surface area contributed by atoms with Crippen LogP contribution in [-0.2, 0) is 0 Å². The van der Waals surface area contributed by atoms with E-state index in [2.05, 4.69) is 0 Å². The highest BCUT2D eigenvalue weighted by Gasteiger charge is 2.19. The van der Waals surface area contributed by atoms with Crippen LogP contribution in [0.25, 0.3) is 11.0 Å². The highest BCUT2D eigenvalue weighted by molar-refractivity contribution is 7.12. The molecule has 0 fully saturated rings. The minimum atomic E-state index is -0.735.